The van der Waals surface area contributed by atoms with Crippen molar-refractivity contribution >= 4 is 0 Å². The van der Waals surface area contributed by atoms with Crippen molar-refractivity contribution < 1.29 is 14.2 Å². The monoisotopic (exact) mass is 205 g/mol. The van der Waals surface area contributed by atoms with E-state index in [-0.39, 0.29) is 6.10 Å². The molecular formula is C10H23NO3. The van der Waals surface area contributed by atoms with Gasteiger partial charge in [0.05, 0.1) is 6.10 Å². The number of hydrogen-bond acceptors (Lipinski definition) is 4. The second-order valence-electron chi connectivity index (χ2n) is 3.06. The van der Waals surface area contributed by atoms with Crippen LogP contribution in [-0.2, 0) is 14.2 Å². The van der Waals surface area contributed by atoms with Crippen LogP contribution in [0.25, 0.3) is 0 Å². The first kappa shape index (κ1) is 13.8. The van der Waals surface area contributed by atoms with Crippen LogP contribution in [0.5, 0.6) is 0 Å². The molecule has 0 fully saturated rings. The van der Waals surface area contributed by atoms with Gasteiger partial charge in [0.2, 0.25) is 0 Å². The fraction of sp³-hybridized carbons (Fsp3) is 1.00. The molecule has 0 amide bonds. The molecule has 0 aromatic heterocycles. The number of hydrogen-bond donors (Lipinski definition) is 1. The molecule has 14 heavy (non-hydrogen) atoms. The lowest BCUT2D eigenvalue weighted by Gasteiger charge is -2.14. The Hall–Kier alpha value is -0.160. The summed E-state index contributed by atoms with van der Waals surface area (Å²) < 4.78 is 15.7. The second kappa shape index (κ2) is 10.9. The van der Waals surface area contributed by atoms with Crippen LogP contribution >= 0.6 is 0 Å². The number of rotatable bonds is 10. The Kier molecular flexibility index (Phi) is 10.8. The lowest BCUT2D eigenvalue weighted by atomic mass is 10.2. The van der Waals surface area contributed by atoms with E-state index in [4.69, 9.17) is 19.9 Å². The largest absolute Gasteiger partial charge is 0.385 e. The molecule has 0 saturated heterocycles. The van der Waals surface area contributed by atoms with Crippen LogP contribution in [-0.4, -0.2) is 46.2 Å². The van der Waals surface area contributed by atoms with Gasteiger partial charge in [-0.25, -0.2) is 0 Å². The summed E-state index contributed by atoms with van der Waals surface area (Å²) in [6, 6.07) is 0. The minimum atomic E-state index is 0.141. The van der Waals surface area contributed by atoms with E-state index in [1.165, 1.54) is 0 Å². The summed E-state index contributed by atoms with van der Waals surface area (Å²) in [4.78, 5) is 0. The van der Waals surface area contributed by atoms with Gasteiger partial charge in [0.25, 0.3) is 0 Å². The molecule has 1 unspecified atom stereocenters. The Morgan fingerprint density at radius 2 is 2.00 bits per heavy atom. The summed E-state index contributed by atoms with van der Waals surface area (Å²) >= 11 is 0. The molecule has 0 spiro atoms. The normalized spacial score (nSPS) is 13.1. The van der Waals surface area contributed by atoms with Crippen molar-refractivity contribution in [3.8, 4) is 0 Å². The zero-order chi connectivity index (χ0) is 10.6. The molecule has 0 radical (unpaired) electrons. The van der Waals surface area contributed by atoms with Crippen molar-refractivity contribution in [2.45, 2.75) is 25.9 Å². The van der Waals surface area contributed by atoms with Crippen LogP contribution in [0.15, 0.2) is 0 Å². The Morgan fingerprint density at radius 3 is 2.57 bits per heavy atom. The van der Waals surface area contributed by atoms with Crippen LogP contribution in [0, 0.1) is 0 Å². The predicted octanol–water partition coefficient (Wildman–Crippen LogP) is 0.793. The molecule has 4 heteroatoms. The maximum atomic E-state index is 5.52. The SMILES string of the molecule is CCOC(CN)CCOCCCOC. The Bertz CT molecular complexity index is 112. The Balaban J connectivity index is 3.15. The van der Waals surface area contributed by atoms with E-state index in [9.17, 15) is 0 Å². The first-order valence-electron chi connectivity index (χ1n) is 5.23. The third-order valence-corrected chi connectivity index (χ3v) is 1.89. The smallest absolute Gasteiger partial charge is 0.0719 e. The first-order valence-corrected chi connectivity index (χ1v) is 5.23. The highest BCUT2D eigenvalue weighted by molar-refractivity contribution is 4.57. The van der Waals surface area contributed by atoms with Crippen LogP contribution in [0.1, 0.15) is 19.8 Å². The van der Waals surface area contributed by atoms with Gasteiger partial charge in [-0.2, -0.15) is 0 Å². The number of methoxy groups -OCH3 is 1. The zero-order valence-electron chi connectivity index (χ0n) is 9.33. The molecule has 0 aromatic rings. The highest BCUT2D eigenvalue weighted by Gasteiger charge is 2.04. The van der Waals surface area contributed by atoms with Gasteiger partial charge in [0.15, 0.2) is 0 Å². The number of nitrogens with two attached hydrogens (primary N) is 1. The molecule has 0 aliphatic carbocycles. The van der Waals surface area contributed by atoms with E-state index < -0.39 is 0 Å². The summed E-state index contributed by atoms with van der Waals surface area (Å²) in [5.41, 5.74) is 5.52. The average Bonchev–Trinajstić information content (AvgIpc) is 2.21. The third kappa shape index (κ3) is 8.44. The van der Waals surface area contributed by atoms with E-state index in [0.717, 1.165) is 26.1 Å². The van der Waals surface area contributed by atoms with Crippen LogP contribution < -0.4 is 5.73 Å². The quantitative estimate of drug-likeness (QED) is 0.536. The highest BCUT2D eigenvalue weighted by atomic mass is 16.5. The molecule has 1 atom stereocenters. The van der Waals surface area contributed by atoms with Gasteiger partial charge in [0.1, 0.15) is 0 Å². The van der Waals surface area contributed by atoms with Crippen molar-refractivity contribution in [1.29, 1.82) is 0 Å². The summed E-state index contributed by atoms with van der Waals surface area (Å²) in [5, 5.41) is 0. The molecule has 0 rings (SSSR count). The first-order chi connectivity index (χ1) is 6.85. The molecule has 0 heterocycles. The fourth-order valence-electron chi connectivity index (χ4n) is 1.13. The van der Waals surface area contributed by atoms with Crippen LogP contribution in [0.3, 0.4) is 0 Å². The van der Waals surface area contributed by atoms with Crippen molar-refractivity contribution in [1.82, 2.24) is 0 Å². The van der Waals surface area contributed by atoms with Crippen LogP contribution in [0.4, 0.5) is 0 Å². The summed E-state index contributed by atoms with van der Waals surface area (Å²) in [7, 11) is 1.69. The van der Waals surface area contributed by atoms with Crippen molar-refractivity contribution in [2.24, 2.45) is 5.73 Å². The van der Waals surface area contributed by atoms with E-state index in [0.29, 0.717) is 19.8 Å². The topological polar surface area (TPSA) is 53.7 Å². The number of ether oxygens (including phenoxy) is 3. The zero-order valence-corrected chi connectivity index (χ0v) is 9.33. The van der Waals surface area contributed by atoms with E-state index >= 15 is 0 Å². The summed E-state index contributed by atoms with van der Waals surface area (Å²) in [5.74, 6) is 0. The summed E-state index contributed by atoms with van der Waals surface area (Å²) in [6.45, 7) is 5.47. The van der Waals surface area contributed by atoms with E-state index in [2.05, 4.69) is 0 Å². The molecule has 2 N–H and O–H groups in total. The predicted molar refractivity (Wildman–Crippen MR) is 56.4 cm³/mol. The highest BCUT2D eigenvalue weighted by Crippen LogP contribution is 1.97. The maximum absolute atomic E-state index is 5.52. The standard InChI is InChI=1S/C10H23NO3/c1-3-14-10(9-11)5-8-13-7-4-6-12-2/h10H,3-9,11H2,1-2H3. The lowest BCUT2D eigenvalue weighted by molar-refractivity contribution is 0.0290. The minimum Gasteiger partial charge on any atom is -0.385 e. The van der Waals surface area contributed by atoms with E-state index in [1.54, 1.807) is 7.11 Å². The van der Waals surface area contributed by atoms with E-state index in [1.807, 2.05) is 6.92 Å². The van der Waals surface area contributed by atoms with Crippen molar-refractivity contribution in [3.05, 3.63) is 0 Å². The van der Waals surface area contributed by atoms with Crippen molar-refractivity contribution in [2.75, 3.05) is 40.1 Å². The molecule has 0 aliphatic heterocycles. The molecule has 0 aromatic carbocycles. The molecule has 0 bridgehead atoms. The van der Waals surface area contributed by atoms with Gasteiger partial charge >= 0.3 is 0 Å². The summed E-state index contributed by atoms with van der Waals surface area (Å²) in [6.07, 6.45) is 1.96. The molecular weight excluding hydrogens is 182 g/mol. The minimum absolute atomic E-state index is 0.141. The fourth-order valence-corrected chi connectivity index (χ4v) is 1.13. The van der Waals surface area contributed by atoms with Gasteiger partial charge in [0, 0.05) is 40.1 Å². The van der Waals surface area contributed by atoms with Crippen molar-refractivity contribution in [3.63, 3.8) is 0 Å². The van der Waals surface area contributed by atoms with Gasteiger partial charge in [-0.1, -0.05) is 0 Å². The Morgan fingerprint density at radius 1 is 1.21 bits per heavy atom. The molecule has 86 valence electrons. The van der Waals surface area contributed by atoms with Gasteiger partial charge < -0.3 is 19.9 Å². The third-order valence-electron chi connectivity index (χ3n) is 1.89. The Labute approximate surface area is 86.7 Å². The average molecular weight is 205 g/mol. The molecule has 0 aliphatic rings. The second-order valence-corrected chi connectivity index (χ2v) is 3.06. The van der Waals surface area contributed by atoms with Crippen LogP contribution in [0.2, 0.25) is 0 Å². The maximum Gasteiger partial charge on any atom is 0.0719 e. The van der Waals surface area contributed by atoms with Gasteiger partial charge in [-0.3, -0.25) is 0 Å². The molecule has 0 saturated carbocycles. The molecule has 4 nitrogen and oxygen atoms in total. The van der Waals surface area contributed by atoms with Gasteiger partial charge in [-0.05, 0) is 19.8 Å². The lowest BCUT2D eigenvalue weighted by Crippen LogP contribution is -2.25. The van der Waals surface area contributed by atoms with Gasteiger partial charge in [-0.15, -0.1) is 0 Å².